The molecule has 1 heterocycles. The first kappa shape index (κ1) is 21.0. The van der Waals surface area contributed by atoms with Gasteiger partial charge in [0.2, 0.25) is 0 Å². The van der Waals surface area contributed by atoms with E-state index in [1.54, 1.807) is 18.2 Å². The quantitative estimate of drug-likeness (QED) is 0.488. The molecule has 0 saturated carbocycles. The number of hydrogen-bond acceptors (Lipinski definition) is 4. The third kappa shape index (κ3) is 4.32. The van der Waals surface area contributed by atoms with Gasteiger partial charge in [0.15, 0.2) is 0 Å². The van der Waals surface area contributed by atoms with Gasteiger partial charge in [-0.15, -0.1) is 0 Å². The fourth-order valence-corrected chi connectivity index (χ4v) is 3.10. The Morgan fingerprint density at radius 2 is 1.89 bits per heavy atom. The number of aryl methyl sites for hydroxylation is 2. The molecule has 1 N–H and O–H groups in total. The zero-order chi connectivity index (χ0) is 21.0. The minimum Gasteiger partial charge on any atom is -0.465 e. The Hall–Kier alpha value is -3.33. The summed E-state index contributed by atoms with van der Waals surface area (Å²) in [7, 11) is 1.35. The Labute approximate surface area is 165 Å². The molecule has 0 aliphatic rings. The minimum absolute atomic E-state index is 0.0485. The number of amides is 1. The molecule has 2 rings (SSSR count). The van der Waals surface area contributed by atoms with Gasteiger partial charge in [-0.2, -0.15) is 5.26 Å². The van der Waals surface area contributed by atoms with E-state index in [1.165, 1.54) is 7.11 Å². The van der Waals surface area contributed by atoms with Gasteiger partial charge < -0.3 is 14.6 Å². The number of nitrogens with one attached hydrogen (secondary N) is 1. The van der Waals surface area contributed by atoms with E-state index in [4.69, 9.17) is 4.74 Å². The normalized spacial score (nSPS) is 11.3. The van der Waals surface area contributed by atoms with Crippen LogP contribution in [0.3, 0.4) is 0 Å². The maximum Gasteiger partial charge on any atom is 0.337 e. The predicted molar refractivity (Wildman–Crippen MR) is 108 cm³/mol. The summed E-state index contributed by atoms with van der Waals surface area (Å²) in [5.41, 5.74) is 5.04. The van der Waals surface area contributed by atoms with Crippen molar-refractivity contribution in [1.82, 2.24) is 9.88 Å². The average Bonchev–Trinajstić information content (AvgIpc) is 2.91. The summed E-state index contributed by atoms with van der Waals surface area (Å²) in [6.45, 7) is 9.51. The van der Waals surface area contributed by atoms with E-state index >= 15 is 0 Å². The topological polar surface area (TPSA) is 84.1 Å². The summed E-state index contributed by atoms with van der Waals surface area (Å²) in [6.07, 6.45) is 1.61. The van der Waals surface area contributed by atoms with Crippen molar-refractivity contribution in [3.63, 3.8) is 0 Å². The van der Waals surface area contributed by atoms with Gasteiger partial charge in [-0.1, -0.05) is 0 Å². The third-order valence-electron chi connectivity index (χ3n) is 4.41. The van der Waals surface area contributed by atoms with E-state index in [-0.39, 0.29) is 23.5 Å². The maximum absolute atomic E-state index is 12.2. The van der Waals surface area contributed by atoms with Gasteiger partial charge in [0.1, 0.15) is 11.6 Å². The largest absolute Gasteiger partial charge is 0.465 e. The van der Waals surface area contributed by atoms with E-state index in [0.717, 1.165) is 28.2 Å². The molecule has 0 aliphatic heterocycles. The van der Waals surface area contributed by atoms with E-state index in [2.05, 4.69) is 5.32 Å². The highest BCUT2D eigenvalue weighted by Crippen LogP contribution is 2.25. The second kappa shape index (κ2) is 8.57. The SMILES string of the molecule is COC(=O)c1ccc(-n2c(C)cc(/C=C(/C#N)C(=O)NC(C)C)c2C)c(C)c1. The van der Waals surface area contributed by atoms with Crippen LogP contribution in [0.4, 0.5) is 0 Å². The Morgan fingerprint density at radius 1 is 1.21 bits per heavy atom. The van der Waals surface area contributed by atoms with Crippen molar-refractivity contribution in [2.75, 3.05) is 7.11 Å². The molecule has 0 saturated heterocycles. The van der Waals surface area contributed by atoms with E-state index in [1.807, 2.05) is 57.4 Å². The van der Waals surface area contributed by atoms with Crippen molar-refractivity contribution in [2.24, 2.45) is 0 Å². The first-order valence-electron chi connectivity index (χ1n) is 9.00. The second-order valence-corrected chi connectivity index (χ2v) is 6.95. The number of methoxy groups -OCH3 is 1. The summed E-state index contributed by atoms with van der Waals surface area (Å²) >= 11 is 0. The number of rotatable bonds is 5. The fraction of sp³-hybridized carbons (Fsp3) is 0.318. The van der Waals surface area contributed by atoms with Crippen molar-refractivity contribution in [3.8, 4) is 11.8 Å². The molecule has 0 fully saturated rings. The monoisotopic (exact) mass is 379 g/mol. The van der Waals surface area contributed by atoms with Gasteiger partial charge >= 0.3 is 5.97 Å². The first-order valence-corrected chi connectivity index (χ1v) is 9.00. The number of aromatic nitrogens is 1. The molecule has 28 heavy (non-hydrogen) atoms. The highest BCUT2D eigenvalue weighted by Gasteiger charge is 2.16. The molecule has 0 bridgehead atoms. The number of hydrogen-bond donors (Lipinski definition) is 1. The molecule has 1 aromatic carbocycles. The predicted octanol–water partition coefficient (Wildman–Crippen LogP) is 3.62. The smallest absolute Gasteiger partial charge is 0.337 e. The van der Waals surface area contributed by atoms with E-state index in [0.29, 0.717) is 5.56 Å². The number of esters is 1. The molecule has 0 aliphatic carbocycles. The Balaban J connectivity index is 2.50. The molecule has 0 unspecified atom stereocenters. The minimum atomic E-state index is -0.388. The standard InChI is InChI=1S/C22H25N3O3/c1-13(2)24-21(26)19(12-23)11-18-10-15(4)25(16(18)5)20-8-7-17(9-14(20)3)22(27)28-6/h7-11,13H,1-6H3,(H,24,26)/b19-11-. The van der Waals surface area contributed by atoms with Crippen LogP contribution in [-0.4, -0.2) is 29.6 Å². The zero-order valence-corrected chi connectivity index (χ0v) is 17.1. The zero-order valence-electron chi connectivity index (χ0n) is 17.1. The van der Waals surface area contributed by atoms with Gasteiger partial charge in [-0.05, 0) is 76.1 Å². The average molecular weight is 379 g/mol. The van der Waals surface area contributed by atoms with Gasteiger partial charge in [0.05, 0.1) is 12.7 Å². The van der Waals surface area contributed by atoms with Crippen molar-refractivity contribution in [3.05, 3.63) is 57.9 Å². The molecule has 2 aromatic rings. The van der Waals surface area contributed by atoms with Crippen LogP contribution in [0.1, 0.15) is 46.7 Å². The van der Waals surface area contributed by atoms with Crippen LogP contribution < -0.4 is 5.32 Å². The molecule has 1 amide bonds. The number of nitrogens with zero attached hydrogens (tertiary/aromatic N) is 2. The molecule has 6 heteroatoms. The van der Waals surface area contributed by atoms with Crippen molar-refractivity contribution >= 4 is 18.0 Å². The van der Waals surface area contributed by atoms with Gasteiger partial charge in [-0.25, -0.2) is 4.79 Å². The number of carbonyl (C=O) groups excluding carboxylic acids is 2. The Bertz CT molecular complexity index is 991. The summed E-state index contributed by atoms with van der Waals surface area (Å²) in [6, 6.07) is 9.24. The Morgan fingerprint density at radius 3 is 2.43 bits per heavy atom. The van der Waals surface area contributed by atoms with Crippen LogP contribution in [0.15, 0.2) is 29.8 Å². The van der Waals surface area contributed by atoms with Gasteiger partial charge in [-0.3, -0.25) is 4.79 Å². The lowest BCUT2D eigenvalue weighted by Crippen LogP contribution is -2.30. The van der Waals surface area contributed by atoms with Crippen LogP contribution in [0.2, 0.25) is 0 Å². The van der Waals surface area contributed by atoms with Crippen molar-refractivity contribution in [2.45, 2.75) is 40.7 Å². The molecule has 6 nitrogen and oxygen atoms in total. The number of carbonyl (C=O) groups is 2. The van der Waals surface area contributed by atoms with Crippen LogP contribution in [0, 0.1) is 32.1 Å². The van der Waals surface area contributed by atoms with Crippen LogP contribution in [-0.2, 0) is 9.53 Å². The molecular weight excluding hydrogens is 354 g/mol. The third-order valence-corrected chi connectivity index (χ3v) is 4.41. The maximum atomic E-state index is 12.2. The van der Waals surface area contributed by atoms with E-state index < -0.39 is 0 Å². The molecule has 1 aromatic heterocycles. The van der Waals surface area contributed by atoms with Crippen LogP contribution >= 0.6 is 0 Å². The summed E-state index contributed by atoms with van der Waals surface area (Å²) in [4.78, 5) is 23.9. The highest BCUT2D eigenvalue weighted by molar-refractivity contribution is 6.02. The second-order valence-electron chi connectivity index (χ2n) is 6.95. The van der Waals surface area contributed by atoms with Crippen LogP contribution in [0.25, 0.3) is 11.8 Å². The summed E-state index contributed by atoms with van der Waals surface area (Å²) in [5, 5.41) is 12.1. The molecule has 0 radical (unpaired) electrons. The summed E-state index contributed by atoms with van der Waals surface area (Å²) in [5.74, 6) is -0.769. The molecule has 0 spiro atoms. The first-order chi connectivity index (χ1) is 13.2. The molecular formula is C22H25N3O3. The lowest BCUT2D eigenvalue weighted by molar-refractivity contribution is -0.117. The van der Waals surface area contributed by atoms with Crippen LogP contribution in [0.5, 0.6) is 0 Å². The van der Waals surface area contributed by atoms with Gasteiger partial charge in [0, 0.05) is 23.1 Å². The Kier molecular flexibility index (Phi) is 6.42. The van der Waals surface area contributed by atoms with Crippen molar-refractivity contribution < 1.29 is 14.3 Å². The number of benzene rings is 1. The lowest BCUT2D eigenvalue weighted by Gasteiger charge is -2.14. The van der Waals surface area contributed by atoms with Gasteiger partial charge in [0.25, 0.3) is 5.91 Å². The summed E-state index contributed by atoms with van der Waals surface area (Å²) < 4.78 is 6.81. The fourth-order valence-electron chi connectivity index (χ4n) is 3.10. The molecule has 146 valence electrons. The molecule has 0 atom stereocenters. The number of ether oxygens (including phenoxy) is 1. The van der Waals surface area contributed by atoms with Crippen molar-refractivity contribution in [1.29, 1.82) is 5.26 Å². The number of nitriles is 1. The highest BCUT2D eigenvalue weighted by atomic mass is 16.5. The lowest BCUT2D eigenvalue weighted by atomic mass is 10.1. The van der Waals surface area contributed by atoms with E-state index in [9.17, 15) is 14.9 Å².